The van der Waals surface area contributed by atoms with Gasteiger partial charge in [-0.1, -0.05) is 35.9 Å². The Morgan fingerprint density at radius 3 is 2.77 bits per heavy atom. The van der Waals surface area contributed by atoms with Crippen molar-refractivity contribution in [2.24, 2.45) is 5.84 Å². The molecule has 0 fully saturated rings. The third-order valence-electron chi connectivity index (χ3n) is 1.88. The van der Waals surface area contributed by atoms with Crippen molar-refractivity contribution < 1.29 is 0 Å². The summed E-state index contributed by atoms with van der Waals surface area (Å²) in [7, 11) is 0. The zero-order valence-corrected chi connectivity index (χ0v) is 8.09. The number of hydrogen-bond acceptors (Lipinski definition) is 2. The average Bonchev–Trinajstić information content (AvgIpc) is 2.16. The zero-order valence-electron chi connectivity index (χ0n) is 7.33. The maximum absolute atomic E-state index is 6.00. The molecule has 0 aromatic heterocycles. The third-order valence-corrected chi connectivity index (χ3v) is 2.23. The third kappa shape index (κ3) is 2.56. The predicted molar refractivity (Wildman–Crippen MR) is 56.3 cm³/mol. The van der Waals surface area contributed by atoms with Gasteiger partial charge in [-0.2, -0.15) is 0 Å². The molecule has 0 spiro atoms. The second-order valence-corrected chi connectivity index (χ2v) is 3.17. The van der Waals surface area contributed by atoms with Gasteiger partial charge in [-0.05, 0) is 18.1 Å². The van der Waals surface area contributed by atoms with Crippen molar-refractivity contribution in [1.29, 1.82) is 0 Å². The molecule has 0 bridgehead atoms. The molecule has 3 N–H and O–H groups in total. The Labute approximate surface area is 83.4 Å². The van der Waals surface area contributed by atoms with E-state index in [1.54, 1.807) is 0 Å². The smallest absolute Gasteiger partial charge is 0.0509 e. The molecule has 1 unspecified atom stereocenters. The Balaban J connectivity index is 2.90. The van der Waals surface area contributed by atoms with Crippen molar-refractivity contribution in [2.75, 3.05) is 0 Å². The van der Waals surface area contributed by atoms with E-state index in [-0.39, 0.29) is 6.04 Å². The summed E-state index contributed by atoms with van der Waals surface area (Å²) in [5.41, 5.74) is 3.71. The minimum absolute atomic E-state index is 0.0474. The largest absolute Gasteiger partial charge is 0.271 e. The topological polar surface area (TPSA) is 38.0 Å². The zero-order chi connectivity index (χ0) is 9.68. The number of benzene rings is 1. The number of hydrogen-bond donors (Lipinski definition) is 2. The van der Waals surface area contributed by atoms with Crippen LogP contribution in [0.1, 0.15) is 18.0 Å². The van der Waals surface area contributed by atoms with Gasteiger partial charge in [0.05, 0.1) is 6.04 Å². The van der Waals surface area contributed by atoms with E-state index in [0.717, 1.165) is 17.0 Å². The van der Waals surface area contributed by atoms with Gasteiger partial charge in [0.2, 0.25) is 0 Å². The van der Waals surface area contributed by atoms with Crippen molar-refractivity contribution in [2.45, 2.75) is 12.5 Å². The fourth-order valence-electron chi connectivity index (χ4n) is 1.21. The molecule has 0 radical (unpaired) electrons. The van der Waals surface area contributed by atoms with Crippen molar-refractivity contribution >= 4 is 11.6 Å². The molecular formula is C10H13ClN2. The summed E-state index contributed by atoms with van der Waals surface area (Å²) in [5.74, 6) is 5.40. The van der Waals surface area contributed by atoms with Crippen molar-refractivity contribution in [1.82, 2.24) is 5.43 Å². The molecule has 1 aromatic rings. The number of nitrogens with two attached hydrogens (primary N) is 1. The van der Waals surface area contributed by atoms with Crippen LogP contribution >= 0.6 is 11.6 Å². The van der Waals surface area contributed by atoms with E-state index in [1.807, 2.05) is 30.3 Å². The first-order chi connectivity index (χ1) is 6.29. The van der Waals surface area contributed by atoms with Crippen LogP contribution < -0.4 is 11.3 Å². The van der Waals surface area contributed by atoms with Crippen LogP contribution in [0.4, 0.5) is 0 Å². The summed E-state index contributed by atoms with van der Waals surface area (Å²) in [5, 5.41) is 0.729. The molecule has 0 aliphatic heterocycles. The Hall–Kier alpha value is -0.830. The molecule has 0 aliphatic carbocycles. The van der Waals surface area contributed by atoms with Crippen molar-refractivity contribution in [3.63, 3.8) is 0 Å². The summed E-state index contributed by atoms with van der Waals surface area (Å²) < 4.78 is 0. The molecule has 3 heteroatoms. The Bertz CT molecular complexity index is 286. The highest BCUT2D eigenvalue weighted by atomic mass is 35.5. The first kappa shape index (κ1) is 10.3. The van der Waals surface area contributed by atoms with Crippen LogP contribution in [0.3, 0.4) is 0 Å². The Kier molecular flexibility index (Phi) is 3.96. The van der Waals surface area contributed by atoms with Gasteiger partial charge in [0.15, 0.2) is 0 Å². The van der Waals surface area contributed by atoms with E-state index in [2.05, 4.69) is 12.0 Å². The summed E-state index contributed by atoms with van der Waals surface area (Å²) >= 11 is 6.00. The first-order valence-electron chi connectivity index (χ1n) is 4.11. The van der Waals surface area contributed by atoms with E-state index in [9.17, 15) is 0 Å². The van der Waals surface area contributed by atoms with Crippen LogP contribution in [0.5, 0.6) is 0 Å². The van der Waals surface area contributed by atoms with Gasteiger partial charge in [0, 0.05) is 5.02 Å². The van der Waals surface area contributed by atoms with Crippen molar-refractivity contribution in [3.05, 3.63) is 47.5 Å². The van der Waals surface area contributed by atoms with Gasteiger partial charge in [-0.25, -0.2) is 0 Å². The fraction of sp³-hybridized carbons (Fsp3) is 0.200. The van der Waals surface area contributed by atoms with Crippen LogP contribution in [-0.2, 0) is 0 Å². The highest BCUT2D eigenvalue weighted by Crippen LogP contribution is 2.24. The van der Waals surface area contributed by atoms with Gasteiger partial charge in [0.1, 0.15) is 0 Å². The lowest BCUT2D eigenvalue weighted by Crippen LogP contribution is -2.27. The number of halogens is 1. The highest BCUT2D eigenvalue weighted by molar-refractivity contribution is 6.31. The summed E-state index contributed by atoms with van der Waals surface area (Å²) in [6, 6.07) is 7.69. The van der Waals surface area contributed by atoms with Gasteiger partial charge >= 0.3 is 0 Å². The van der Waals surface area contributed by atoms with Crippen LogP contribution in [0, 0.1) is 0 Å². The molecule has 1 rings (SSSR count). The lowest BCUT2D eigenvalue weighted by Gasteiger charge is -2.15. The molecule has 70 valence electrons. The molecular weight excluding hydrogens is 184 g/mol. The van der Waals surface area contributed by atoms with E-state index in [4.69, 9.17) is 17.4 Å². The molecule has 2 nitrogen and oxygen atoms in total. The van der Waals surface area contributed by atoms with Gasteiger partial charge in [-0.3, -0.25) is 11.3 Å². The highest BCUT2D eigenvalue weighted by Gasteiger charge is 2.09. The molecule has 0 saturated heterocycles. The summed E-state index contributed by atoms with van der Waals surface area (Å²) in [6.45, 7) is 3.66. The van der Waals surface area contributed by atoms with Crippen LogP contribution in [0.25, 0.3) is 0 Å². The van der Waals surface area contributed by atoms with Gasteiger partial charge in [0.25, 0.3) is 0 Å². The molecule has 1 atom stereocenters. The van der Waals surface area contributed by atoms with E-state index < -0.39 is 0 Å². The van der Waals surface area contributed by atoms with Crippen LogP contribution in [0.2, 0.25) is 5.02 Å². The monoisotopic (exact) mass is 196 g/mol. The van der Waals surface area contributed by atoms with Crippen LogP contribution in [0.15, 0.2) is 36.9 Å². The van der Waals surface area contributed by atoms with E-state index >= 15 is 0 Å². The minimum atomic E-state index is 0.0474. The predicted octanol–water partition coefficient (Wildman–Crippen LogP) is 2.42. The summed E-state index contributed by atoms with van der Waals surface area (Å²) in [6.07, 6.45) is 2.58. The number of rotatable bonds is 4. The second kappa shape index (κ2) is 5.02. The number of nitrogens with one attached hydrogen (secondary N) is 1. The minimum Gasteiger partial charge on any atom is -0.271 e. The standard InChI is InChI=1S/C10H13ClN2/c1-2-5-10(13-12)8-6-3-4-7-9(8)11/h2-4,6-7,10,13H,1,5,12H2. The van der Waals surface area contributed by atoms with E-state index in [1.165, 1.54) is 0 Å². The number of hydrazine groups is 1. The van der Waals surface area contributed by atoms with Gasteiger partial charge < -0.3 is 0 Å². The lowest BCUT2D eigenvalue weighted by molar-refractivity contribution is 0.562. The van der Waals surface area contributed by atoms with Crippen LogP contribution in [-0.4, -0.2) is 0 Å². The molecule has 1 aromatic carbocycles. The quantitative estimate of drug-likeness (QED) is 0.441. The Morgan fingerprint density at radius 2 is 2.23 bits per heavy atom. The summed E-state index contributed by atoms with van der Waals surface area (Å²) in [4.78, 5) is 0. The maximum atomic E-state index is 6.00. The molecule has 13 heavy (non-hydrogen) atoms. The lowest BCUT2D eigenvalue weighted by atomic mass is 10.0. The molecule has 0 aliphatic rings. The maximum Gasteiger partial charge on any atom is 0.0509 e. The van der Waals surface area contributed by atoms with Crippen molar-refractivity contribution in [3.8, 4) is 0 Å². The van der Waals surface area contributed by atoms with E-state index in [0.29, 0.717) is 0 Å². The Morgan fingerprint density at radius 1 is 1.54 bits per heavy atom. The SMILES string of the molecule is C=CCC(NN)c1ccccc1Cl. The molecule has 0 amide bonds. The second-order valence-electron chi connectivity index (χ2n) is 2.77. The van der Waals surface area contributed by atoms with Gasteiger partial charge in [-0.15, -0.1) is 6.58 Å². The fourth-order valence-corrected chi connectivity index (χ4v) is 1.48. The molecule has 0 heterocycles. The molecule has 0 saturated carbocycles. The normalized spacial score (nSPS) is 12.5. The first-order valence-corrected chi connectivity index (χ1v) is 4.49. The average molecular weight is 197 g/mol.